The zero-order valence-electron chi connectivity index (χ0n) is 14.7. The number of hydrogen-bond donors (Lipinski definition) is 3. The Hall–Kier alpha value is -2.99. The molecule has 1 saturated carbocycles. The third-order valence-electron chi connectivity index (χ3n) is 4.37. The molecule has 1 aliphatic carbocycles. The van der Waals surface area contributed by atoms with Crippen LogP contribution in [0.25, 0.3) is 11.6 Å². The van der Waals surface area contributed by atoms with Crippen LogP contribution >= 0.6 is 0 Å². The van der Waals surface area contributed by atoms with Crippen LogP contribution in [0.15, 0.2) is 48.5 Å². The Labute approximate surface area is 156 Å². The Balaban J connectivity index is 1.82. The number of carbonyl (C=O) groups is 2. The van der Waals surface area contributed by atoms with E-state index in [1.54, 1.807) is 23.7 Å². The van der Waals surface area contributed by atoms with Crippen LogP contribution in [0.5, 0.6) is 0 Å². The van der Waals surface area contributed by atoms with Crippen molar-refractivity contribution in [1.82, 2.24) is 10.8 Å². The molecule has 1 fully saturated rings. The Morgan fingerprint density at radius 3 is 2.33 bits per heavy atom. The second kappa shape index (κ2) is 8.60. The second-order valence-electron chi connectivity index (χ2n) is 6.59. The van der Waals surface area contributed by atoms with Crippen LogP contribution in [-0.4, -0.2) is 23.1 Å². The predicted molar refractivity (Wildman–Crippen MR) is 100 cm³/mol. The van der Waals surface area contributed by atoms with Crippen molar-refractivity contribution in [2.24, 2.45) is 0 Å². The van der Waals surface area contributed by atoms with Crippen molar-refractivity contribution < 1.29 is 19.2 Å². The molecule has 0 aliphatic heterocycles. The first-order valence-electron chi connectivity index (χ1n) is 8.85. The summed E-state index contributed by atoms with van der Waals surface area (Å²) in [5.41, 5.74) is 4.52. The highest BCUT2D eigenvalue weighted by molar-refractivity contribution is 6.24. The van der Waals surface area contributed by atoms with Gasteiger partial charge >= 0.3 is 0 Å². The number of halogens is 1. The summed E-state index contributed by atoms with van der Waals surface area (Å²) in [5, 5.41) is 11.5. The maximum absolute atomic E-state index is 13.1. The molecule has 0 saturated heterocycles. The van der Waals surface area contributed by atoms with Gasteiger partial charge in [0.15, 0.2) is 0 Å². The fourth-order valence-corrected chi connectivity index (χ4v) is 2.66. The van der Waals surface area contributed by atoms with E-state index >= 15 is 0 Å². The molecule has 3 rings (SSSR count). The molecule has 2 amide bonds. The predicted octanol–water partition coefficient (Wildman–Crippen LogP) is 3.08. The normalized spacial score (nSPS) is 13.9. The van der Waals surface area contributed by atoms with Gasteiger partial charge in [-0.15, -0.1) is 0 Å². The van der Waals surface area contributed by atoms with Gasteiger partial charge in [-0.3, -0.25) is 14.8 Å². The third-order valence-corrected chi connectivity index (χ3v) is 4.37. The van der Waals surface area contributed by atoms with Gasteiger partial charge in [-0.1, -0.05) is 36.4 Å². The molecule has 0 aromatic heterocycles. The van der Waals surface area contributed by atoms with Crippen molar-refractivity contribution in [3.8, 4) is 0 Å². The van der Waals surface area contributed by atoms with Gasteiger partial charge in [-0.2, -0.15) is 0 Å². The average Bonchev–Trinajstić information content (AvgIpc) is 3.50. The second-order valence-corrected chi connectivity index (χ2v) is 6.59. The molecule has 2 aromatic rings. The summed E-state index contributed by atoms with van der Waals surface area (Å²) in [6, 6.07) is 13.6. The first-order valence-corrected chi connectivity index (χ1v) is 8.85. The lowest BCUT2D eigenvalue weighted by Gasteiger charge is -2.10. The Morgan fingerprint density at radius 1 is 1.07 bits per heavy atom. The number of carbonyl (C=O) groups excluding carboxylic acids is 2. The van der Waals surface area contributed by atoms with Crippen molar-refractivity contribution >= 4 is 23.5 Å². The van der Waals surface area contributed by atoms with Crippen LogP contribution in [0, 0.1) is 5.82 Å². The smallest absolute Gasteiger partial charge is 0.252 e. The van der Waals surface area contributed by atoms with Crippen LogP contribution in [0.1, 0.15) is 36.0 Å². The number of amides is 2. The molecule has 0 atom stereocenters. The lowest BCUT2D eigenvalue weighted by Crippen LogP contribution is -2.26. The lowest BCUT2D eigenvalue weighted by molar-refractivity contribution is -0.129. The lowest BCUT2D eigenvalue weighted by atomic mass is 9.99. The van der Waals surface area contributed by atoms with Crippen molar-refractivity contribution in [2.75, 3.05) is 0 Å². The van der Waals surface area contributed by atoms with Crippen LogP contribution in [-0.2, 0) is 16.0 Å². The number of hydroxylamine groups is 1. The van der Waals surface area contributed by atoms with Gasteiger partial charge in [-0.05, 0) is 54.2 Å². The molecule has 1 aliphatic rings. The molecule has 3 N–H and O–H groups in total. The van der Waals surface area contributed by atoms with Gasteiger partial charge in [0.05, 0.1) is 0 Å². The number of hydrogen-bond acceptors (Lipinski definition) is 3. The average molecular weight is 368 g/mol. The van der Waals surface area contributed by atoms with Gasteiger partial charge in [0.1, 0.15) is 5.82 Å². The van der Waals surface area contributed by atoms with Crippen molar-refractivity contribution in [3.63, 3.8) is 0 Å². The zero-order chi connectivity index (χ0) is 19.2. The Kier molecular flexibility index (Phi) is 5.98. The first kappa shape index (κ1) is 18.8. The van der Waals surface area contributed by atoms with Crippen LogP contribution in [0.2, 0.25) is 0 Å². The maximum Gasteiger partial charge on any atom is 0.252 e. The largest absolute Gasteiger partial charge is 0.349 e. The van der Waals surface area contributed by atoms with E-state index in [0.717, 1.165) is 29.5 Å². The summed E-state index contributed by atoms with van der Waals surface area (Å²) in [7, 11) is 0. The minimum Gasteiger partial charge on any atom is -0.349 e. The first-order chi connectivity index (χ1) is 13.0. The zero-order valence-corrected chi connectivity index (χ0v) is 14.7. The number of aryl methyl sites for hydroxylation is 1. The molecular weight excluding hydrogens is 347 g/mol. The molecule has 27 heavy (non-hydrogen) atoms. The van der Waals surface area contributed by atoms with Gasteiger partial charge in [0, 0.05) is 18.0 Å². The van der Waals surface area contributed by atoms with Crippen molar-refractivity contribution in [3.05, 3.63) is 71.0 Å². The Bertz CT molecular complexity index is 841. The minimum absolute atomic E-state index is 0.158. The molecule has 140 valence electrons. The van der Waals surface area contributed by atoms with E-state index < -0.39 is 5.91 Å². The summed E-state index contributed by atoms with van der Waals surface area (Å²) in [6.45, 7) is 0. The molecule has 0 bridgehead atoms. The van der Waals surface area contributed by atoms with E-state index in [-0.39, 0.29) is 24.2 Å². The van der Waals surface area contributed by atoms with Gasteiger partial charge in [0.25, 0.3) is 5.91 Å². The van der Waals surface area contributed by atoms with E-state index in [2.05, 4.69) is 5.32 Å². The summed E-state index contributed by atoms with van der Waals surface area (Å²) in [4.78, 5) is 23.8. The van der Waals surface area contributed by atoms with E-state index in [0.29, 0.717) is 12.0 Å². The number of rotatable bonds is 7. The van der Waals surface area contributed by atoms with Crippen LogP contribution in [0.3, 0.4) is 0 Å². The molecule has 0 heterocycles. The van der Waals surface area contributed by atoms with Crippen molar-refractivity contribution in [1.29, 1.82) is 0 Å². The molecule has 6 heteroatoms. The fraction of sp³-hybridized carbons (Fsp3) is 0.238. The van der Waals surface area contributed by atoms with Crippen molar-refractivity contribution in [2.45, 2.75) is 31.7 Å². The van der Waals surface area contributed by atoms with Crippen LogP contribution < -0.4 is 10.8 Å². The maximum atomic E-state index is 13.1. The molecule has 5 nitrogen and oxygen atoms in total. The summed E-state index contributed by atoms with van der Waals surface area (Å²) in [5.74, 6) is -0.929. The Morgan fingerprint density at radius 2 is 1.74 bits per heavy atom. The fourth-order valence-electron chi connectivity index (χ4n) is 2.66. The van der Waals surface area contributed by atoms with E-state index in [1.807, 2.05) is 24.3 Å². The highest BCUT2D eigenvalue weighted by Crippen LogP contribution is 2.24. The van der Waals surface area contributed by atoms with E-state index in [4.69, 9.17) is 5.21 Å². The SMILES string of the molecule is O=C(CCc1ccc(/C(=C\c2ccc(F)cc2)C(=O)NC2CC2)cc1)NO. The minimum atomic E-state index is -0.445. The molecule has 0 spiro atoms. The van der Waals surface area contributed by atoms with Gasteiger partial charge in [0.2, 0.25) is 5.91 Å². The summed E-state index contributed by atoms with van der Waals surface area (Å²) in [6.07, 6.45) is 4.38. The topological polar surface area (TPSA) is 78.4 Å². The monoisotopic (exact) mass is 368 g/mol. The van der Waals surface area contributed by atoms with Gasteiger partial charge < -0.3 is 5.32 Å². The highest BCUT2D eigenvalue weighted by atomic mass is 19.1. The summed E-state index contributed by atoms with van der Waals surface area (Å²) >= 11 is 0. The standard InChI is InChI=1S/C21H21FN2O3/c22-17-8-3-15(4-9-17)13-19(21(26)23-18-10-11-18)16-6-1-14(2-7-16)5-12-20(25)24-27/h1-4,6-9,13,18,27H,5,10-12H2,(H,23,26)(H,24,25)/b19-13+. The number of benzene rings is 2. The molecule has 2 aromatic carbocycles. The molecule has 0 radical (unpaired) electrons. The number of nitrogens with one attached hydrogen (secondary N) is 2. The van der Waals surface area contributed by atoms with E-state index in [1.165, 1.54) is 12.1 Å². The third kappa shape index (κ3) is 5.49. The van der Waals surface area contributed by atoms with E-state index in [9.17, 15) is 14.0 Å². The summed E-state index contributed by atoms with van der Waals surface area (Å²) < 4.78 is 13.1. The molecule has 0 unspecified atom stereocenters. The highest BCUT2D eigenvalue weighted by Gasteiger charge is 2.25. The van der Waals surface area contributed by atoms with Gasteiger partial charge in [-0.25, -0.2) is 9.87 Å². The molecular formula is C21H21FN2O3. The quantitative estimate of drug-likeness (QED) is 0.304. The van der Waals surface area contributed by atoms with Crippen LogP contribution in [0.4, 0.5) is 4.39 Å².